The number of hydrogen-bond acceptors (Lipinski definition) is 4. The molecular weight excluding hydrogens is 376 g/mol. The lowest BCUT2D eigenvalue weighted by Crippen LogP contribution is -2.41. The Morgan fingerprint density at radius 1 is 1.13 bits per heavy atom. The average molecular weight is 417 g/mol. The first-order chi connectivity index (χ1) is 14.7. The topological polar surface area (TPSA) is 49.3 Å². The molecule has 1 aliphatic heterocycles. The van der Waals surface area contributed by atoms with E-state index in [1.807, 2.05) is 7.05 Å². The van der Waals surface area contributed by atoms with Gasteiger partial charge < -0.3 is 19.7 Å². The van der Waals surface area contributed by atoms with Crippen molar-refractivity contribution in [3.8, 4) is 0 Å². The Morgan fingerprint density at radius 2 is 1.90 bits per heavy atom. The largest absolute Gasteiger partial charge is 0.379 e. The predicted molar refractivity (Wildman–Crippen MR) is 123 cm³/mol. The molecule has 0 aromatic heterocycles. The molecule has 3 rings (SSSR count). The summed E-state index contributed by atoms with van der Waals surface area (Å²) < 4.78 is 11.9. The van der Waals surface area contributed by atoms with Crippen molar-refractivity contribution in [2.24, 2.45) is 10.9 Å². The molecule has 168 valence electrons. The number of benzene rings is 1. The van der Waals surface area contributed by atoms with Crippen LogP contribution in [0.15, 0.2) is 35.3 Å². The summed E-state index contributed by atoms with van der Waals surface area (Å²) in [6.45, 7) is 7.53. The second-order valence-electron chi connectivity index (χ2n) is 8.60. The van der Waals surface area contributed by atoms with Crippen LogP contribution in [0.3, 0.4) is 0 Å². The number of likely N-dealkylation sites (N-methyl/N-ethyl adjacent to an activating group) is 1. The van der Waals surface area contributed by atoms with Crippen LogP contribution in [-0.2, 0) is 16.0 Å². The molecule has 6 nitrogen and oxygen atoms in total. The highest BCUT2D eigenvalue weighted by Gasteiger charge is 2.21. The van der Waals surface area contributed by atoms with Gasteiger partial charge in [-0.1, -0.05) is 30.3 Å². The number of rotatable bonds is 12. The highest BCUT2D eigenvalue weighted by atomic mass is 16.5. The van der Waals surface area contributed by atoms with Gasteiger partial charge in [0, 0.05) is 60.0 Å². The van der Waals surface area contributed by atoms with Crippen LogP contribution in [-0.4, -0.2) is 82.0 Å². The fraction of sp³-hybridized carbons (Fsp3) is 0.708. The van der Waals surface area contributed by atoms with Gasteiger partial charge in [0.05, 0.1) is 12.7 Å². The van der Waals surface area contributed by atoms with Crippen molar-refractivity contribution in [2.45, 2.75) is 44.8 Å². The average Bonchev–Trinajstić information content (AvgIpc) is 3.60. The summed E-state index contributed by atoms with van der Waals surface area (Å²) in [6, 6.07) is 10.7. The van der Waals surface area contributed by atoms with E-state index < -0.39 is 0 Å². The Bertz CT molecular complexity index is 613. The van der Waals surface area contributed by atoms with Gasteiger partial charge in [0.1, 0.15) is 0 Å². The smallest absolute Gasteiger partial charge is 0.193 e. The molecule has 1 saturated carbocycles. The summed E-state index contributed by atoms with van der Waals surface area (Å²) in [4.78, 5) is 9.04. The minimum absolute atomic E-state index is 0.405. The van der Waals surface area contributed by atoms with Crippen LogP contribution in [0.1, 0.15) is 37.7 Å². The van der Waals surface area contributed by atoms with E-state index in [1.165, 1.54) is 18.4 Å². The van der Waals surface area contributed by atoms with Gasteiger partial charge >= 0.3 is 0 Å². The molecule has 1 saturated heterocycles. The summed E-state index contributed by atoms with van der Waals surface area (Å²) in [7, 11) is 3.90. The number of nitrogens with zero attached hydrogens (tertiary/aromatic N) is 3. The molecule has 30 heavy (non-hydrogen) atoms. The third-order valence-corrected chi connectivity index (χ3v) is 5.94. The van der Waals surface area contributed by atoms with Gasteiger partial charge in [-0.2, -0.15) is 0 Å². The number of aliphatic imine (C=N–C) groups is 1. The van der Waals surface area contributed by atoms with E-state index in [0.29, 0.717) is 6.10 Å². The zero-order valence-electron chi connectivity index (χ0n) is 18.9. The van der Waals surface area contributed by atoms with Gasteiger partial charge in [-0.3, -0.25) is 9.89 Å². The Hall–Kier alpha value is -1.63. The number of piperidine rings is 1. The molecule has 1 aromatic rings. The lowest BCUT2D eigenvalue weighted by Gasteiger charge is -2.32. The van der Waals surface area contributed by atoms with Crippen molar-refractivity contribution >= 4 is 5.96 Å². The third-order valence-electron chi connectivity index (χ3n) is 5.94. The van der Waals surface area contributed by atoms with E-state index >= 15 is 0 Å². The van der Waals surface area contributed by atoms with Crippen LogP contribution in [0.25, 0.3) is 0 Å². The van der Waals surface area contributed by atoms with E-state index in [4.69, 9.17) is 9.47 Å². The molecule has 1 heterocycles. The molecule has 0 radical (unpaired) electrons. The molecule has 0 atom stereocenters. The monoisotopic (exact) mass is 416 g/mol. The zero-order chi connectivity index (χ0) is 21.0. The van der Waals surface area contributed by atoms with Crippen molar-refractivity contribution < 1.29 is 9.47 Å². The standard InChI is InChI=1S/C24H40N4O2/c1-25-24(27(2)16-18-29-20-22-9-10-22)26-13-6-17-30-23-11-14-28(15-12-23)19-21-7-4-3-5-8-21/h3-5,7-8,22-23H,6,9-20H2,1-2H3,(H,25,26). The number of hydrogen-bond donors (Lipinski definition) is 1. The minimum atomic E-state index is 0.405. The predicted octanol–water partition coefficient (Wildman–Crippen LogP) is 2.99. The minimum Gasteiger partial charge on any atom is -0.379 e. The first kappa shape index (κ1) is 23.0. The van der Waals surface area contributed by atoms with Crippen LogP contribution < -0.4 is 5.32 Å². The van der Waals surface area contributed by atoms with E-state index in [9.17, 15) is 0 Å². The molecule has 0 unspecified atom stereocenters. The summed E-state index contributed by atoms with van der Waals surface area (Å²) in [5, 5.41) is 3.44. The molecule has 0 spiro atoms. The Balaban J connectivity index is 1.20. The summed E-state index contributed by atoms with van der Waals surface area (Å²) in [6.07, 6.45) is 6.34. The maximum absolute atomic E-state index is 6.13. The fourth-order valence-corrected chi connectivity index (χ4v) is 3.82. The van der Waals surface area contributed by atoms with Gasteiger partial charge in [0.2, 0.25) is 0 Å². The van der Waals surface area contributed by atoms with Crippen molar-refractivity contribution in [3.05, 3.63) is 35.9 Å². The number of guanidine groups is 1. The van der Waals surface area contributed by atoms with Gasteiger partial charge in [-0.05, 0) is 43.6 Å². The SMILES string of the molecule is CN=C(NCCCOC1CCN(Cc2ccccc2)CC1)N(C)CCOCC1CC1. The molecular formula is C24H40N4O2. The lowest BCUT2D eigenvalue weighted by atomic mass is 10.1. The van der Waals surface area contributed by atoms with E-state index in [0.717, 1.165) is 83.7 Å². The quantitative estimate of drug-likeness (QED) is 0.322. The molecule has 1 aromatic carbocycles. The summed E-state index contributed by atoms with van der Waals surface area (Å²) in [5.74, 6) is 1.75. The molecule has 0 bridgehead atoms. The van der Waals surface area contributed by atoms with Gasteiger partial charge in [-0.15, -0.1) is 0 Å². The van der Waals surface area contributed by atoms with Crippen LogP contribution in [0, 0.1) is 5.92 Å². The maximum Gasteiger partial charge on any atom is 0.193 e. The van der Waals surface area contributed by atoms with E-state index in [2.05, 4.69) is 57.5 Å². The summed E-state index contributed by atoms with van der Waals surface area (Å²) >= 11 is 0. The van der Waals surface area contributed by atoms with Gasteiger partial charge in [0.15, 0.2) is 5.96 Å². The second-order valence-corrected chi connectivity index (χ2v) is 8.60. The number of ether oxygens (including phenoxy) is 2. The maximum atomic E-state index is 6.13. The van der Waals surface area contributed by atoms with E-state index in [-0.39, 0.29) is 0 Å². The van der Waals surface area contributed by atoms with Gasteiger partial charge in [0.25, 0.3) is 0 Å². The van der Waals surface area contributed by atoms with Crippen molar-refractivity contribution in [2.75, 3.05) is 60.1 Å². The Labute approximate surface area is 182 Å². The molecule has 2 aliphatic rings. The molecule has 0 amide bonds. The third kappa shape index (κ3) is 8.62. The van der Waals surface area contributed by atoms with Crippen LogP contribution in [0.4, 0.5) is 0 Å². The number of likely N-dealkylation sites (tertiary alicyclic amines) is 1. The van der Waals surface area contributed by atoms with Crippen molar-refractivity contribution in [3.63, 3.8) is 0 Å². The second kappa shape index (κ2) is 12.9. The first-order valence-corrected chi connectivity index (χ1v) is 11.6. The fourth-order valence-electron chi connectivity index (χ4n) is 3.82. The zero-order valence-corrected chi connectivity index (χ0v) is 18.9. The highest BCUT2D eigenvalue weighted by Crippen LogP contribution is 2.28. The lowest BCUT2D eigenvalue weighted by molar-refractivity contribution is 0.00530. The normalized spacial score (nSPS) is 18.5. The molecule has 6 heteroatoms. The van der Waals surface area contributed by atoms with Crippen LogP contribution >= 0.6 is 0 Å². The highest BCUT2D eigenvalue weighted by molar-refractivity contribution is 5.79. The van der Waals surface area contributed by atoms with Crippen LogP contribution in [0.5, 0.6) is 0 Å². The Kier molecular flexibility index (Phi) is 9.93. The first-order valence-electron chi connectivity index (χ1n) is 11.6. The number of nitrogens with one attached hydrogen (secondary N) is 1. The summed E-state index contributed by atoms with van der Waals surface area (Å²) in [5.41, 5.74) is 1.40. The molecule has 1 aliphatic carbocycles. The van der Waals surface area contributed by atoms with Crippen LogP contribution in [0.2, 0.25) is 0 Å². The van der Waals surface area contributed by atoms with E-state index in [1.54, 1.807) is 0 Å². The molecule has 1 N–H and O–H groups in total. The van der Waals surface area contributed by atoms with Crippen molar-refractivity contribution in [1.82, 2.24) is 15.1 Å². The molecule has 2 fully saturated rings. The Morgan fingerprint density at radius 3 is 2.60 bits per heavy atom. The van der Waals surface area contributed by atoms with Gasteiger partial charge in [-0.25, -0.2) is 0 Å². The van der Waals surface area contributed by atoms with Crippen molar-refractivity contribution in [1.29, 1.82) is 0 Å².